The molecular formula is C34H63O8P. The van der Waals surface area contributed by atoms with Gasteiger partial charge < -0.3 is 14.4 Å². The largest absolute Gasteiger partial charge is 0.472 e. The van der Waals surface area contributed by atoms with Crippen LogP contribution in [0.15, 0.2) is 24.3 Å². The van der Waals surface area contributed by atoms with Crippen molar-refractivity contribution in [2.75, 3.05) is 19.8 Å². The third kappa shape index (κ3) is 30.3. The van der Waals surface area contributed by atoms with E-state index in [2.05, 4.69) is 38.2 Å². The van der Waals surface area contributed by atoms with E-state index in [1.54, 1.807) is 6.92 Å². The van der Waals surface area contributed by atoms with Gasteiger partial charge in [-0.25, -0.2) is 4.57 Å². The van der Waals surface area contributed by atoms with E-state index in [0.29, 0.717) is 12.8 Å². The lowest BCUT2D eigenvalue weighted by molar-refractivity contribution is -0.161. The zero-order valence-electron chi connectivity index (χ0n) is 27.6. The first kappa shape index (κ1) is 41.5. The third-order valence-electron chi connectivity index (χ3n) is 7.01. The molecule has 2 unspecified atom stereocenters. The summed E-state index contributed by atoms with van der Waals surface area (Å²) in [5, 5.41) is 0. The Kier molecular flexibility index (Phi) is 29.5. The Morgan fingerprint density at radius 1 is 0.628 bits per heavy atom. The number of allylic oxidation sites excluding steroid dienone is 4. The van der Waals surface area contributed by atoms with E-state index in [0.717, 1.165) is 64.2 Å². The average Bonchev–Trinajstić information content (AvgIpc) is 2.97. The van der Waals surface area contributed by atoms with Crippen molar-refractivity contribution in [1.29, 1.82) is 0 Å². The first-order valence-corrected chi connectivity index (χ1v) is 18.6. The minimum Gasteiger partial charge on any atom is -0.462 e. The van der Waals surface area contributed by atoms with Crippen LogP contribution in [0.25, 0.3) is 0 Å². The van der Waals surface area contributed by atoms with E-state index >= 15 is 0 Å². The summed E-state index contributed by atoms with van der Waals surface area (Å²) in [6.45, 7) is 5.36. The number of rotatable bonds is 31. The number of unbranched alkanes of at least 4 members (excludes halogenated alkanes) is 15. The summed E-state index contributed by atoms with van der Waals surface area (Å²) in [7, 11) is -4.27. The molecule has 0 aromatic heterocycles. The van der Waals surface area contributed by atoms with Crippen molar-refractivity contribution in [2.45, 2.75) is 162 Å². The monoisotopic (exact) mass is 630 g/mol. The van der Waals surface area contributed by atoms with Gasteiger partial charge in [0.2, 0.25) is 0 Å². The lowest BCUT2D eigenvalue weighted by Crippen LogP contribution is -2.29. The standard InChI is InChI=1S/C34H63O8P/c1-4-7-9-11-13-15-16-17-18-19-21-23-25-27-29-34(36)42-32(31-41-43(37,38)40-6-3)30-39-33(35)28-26-24-22-20-14-12-10-8-5-2/h11,13,16-17,32H,4-10,12,14-15,18-31H2,1-3H3,(H,37,38)/b13-11-,17-16-. The van der Waals surface area contributed by atoms with Crippen molar-refractivity contribution in [3.05, 3.63) is 24.3 Å². The van der Waals surface area contributed by atoms with Crippen LogP contribution in [-0.4, -0.2) is 42.8 Å². The normalized spacial score (nSPS) is 13.9. The molecule has 0 spiro atoms. The van der Waals surface area contributed by atoms with Gasteiger partial charge in [-0.1, -0.05) is 122 Å². The summed E-state index contributed by atoms with van der Waals surface area (Å²) >= 11 is 0. The van der Waals surface area contributed by atoms with Gasteiger partial charge >= 0.3 is 19.8 Å². The number of carbonyl (C=O) groups excluding carboxylic acids is 2. The highest BCUT2D eigenvalue weighted by atomic mass is 31.2. The molecule has 2 atom stereocenters. The van der Waals surface area contributed by atoms with Crippen molar-refractivity contribution in [2.24, 2.45) is 0 Å². The predicted molar refractivity (Wildman–Crippen MR) is 175 cm³/mol. The van der Waals surface area contributed by atoms with Gasteiger partial charge in [-0.05, 0) is 45.4 Å². The second-order valence-corrected chi connectivity index (χ2v) is 12.6. The van der Waals surface area contributed by atoms with Crippen molar-refractivity contribution in [3.8, 4) is 0 Å². The summed E-state index contributed by atoms with van der Waals surface area (Å²) in [5.74, 6) is -0.818. The number of hydrogen-bond acceptors (Lipinski definition) is 7. The van der Waals surface area contributed by atoms with Crippen molar-refractivity contribution in [3.63, 3.8) is 0 Å². The maximum Gasteiger partial charge on any atom is 0.472 e. The van der Waals surface area contributed by atoms with Gasteiger partial charge in [0.05, 0.1) is 13.2 Å². The molecule has 0 aromatic rings. The Morgan fingerprint density at radius 2 is 1.14 bits per heavy atom. The van der Waals surface area contributed by atoms with Crippen molar-refractivity contribution in [1.82, 2.24) is 0 Å². The molecule has 43 heavy (non-hydrogen) atoms. The molecule has 0 aliphatic carbocycles. The fraction of sp³-hybridized carbons (Fsp3) is 0.824. The van der Waals surface area contributed by atoms with E-state index in [-0.39, 0.29) is 25.6 Å². The zero-order chi connectivity index (χ0) is 31.9. The Morgan fingerprint density at radius 3 is 1.72 bits per heavy atom. The Hall–Kier alpha value is -1.47. The molecule has 9 heteroatoms. The van der Waals surface area contributed by atoms with E-state index in [1.807, 2.05) is 0 Å². The van der Waals surface area contributed by atoms with Crippen LogP contribution in [0.4, 0.5) is 0 Å². The van der Waals surface area contributed by atoms with E-state index in [9.17, 15) is 19.0 Å². The van der Waals surface area contributed by atoms with Crippen molar-refractivity contribution >= 4 is 19.8 Å². The third-order valence-corrected chi connectivity index (χ3v) is 8.07. The van der Waals surface area contributed by atoms with Crippen LogP contribution in [0.1, 0.15) is 156 Å². The quantitative estimate of drug-likeness (QED) is 0.0349. The van der Waals surface area contributed by atoms with Gasteiger partial charge in [-0.3, -0.25) is 18.6 Å². The second kappa shape index (κ2) is 30.6. The van der Waals surface area contributed by atoms with Gasteiger partial charge in [0.1, 0.15) is 6.61 Å². The minimum absolute atomic E-state index is 0.00128. The van der Waals surface area contributed by atoms with Crippen LogP contribution in [0.5, 0.6) is 0 Å². The number of hydrogen-bond donors (Lipinski definition) is 1. The van der Waals surface area contributed by atoms with Crippen LogP contribution in [0.2, 0.25) is 0 Å². The Balaban J connectivity index is 4.23. The smallest absolute Gasteiger partial charge is 0.462 e. The SMILES string of the molecule is CCCC/C=C\C/C=C\CCCCCCCC(=O)OC(COC(=O)CCCCCCCCCCC)COP(=O)(O)OCC. The lowest BCUT2D eigenvalue weighted by Gasteiger charge is -2.19. The van der Waals surface area contributed by atoms with Crippen LogP contribution >= 0.6 is 7.82 Å². The first-order valence-electron chi connectivity index (χ1n) is 17.1. The number of phosphoric ester groups is 1. The minimum atomic E-state index is -4.27. The summed E-state index contributed by atoms with van der Waals surface area (Å²) in [6.07, 6.45) is 29.5. The number of ether oxygens (including phenoxy) is 2. The average molecular weight is 631 g/mol. The zero-order valence-corrected chi connectivity index (χ0v) is 28.5. The topological polar surface area (TPSA) is 108 Å². The molecule has 1 N–H and O–H groups in total. The van der Waals surface area contributed by atoms with Crippen molar-refractivity contribution < 1.29 is 37.6 Å². The molecule has 8 nitrogen and oxygen atoms in total. The molecule has 0 fully saturated rings. The molecule has 252 valence electrons. The van der Waals surface area contributed by atoms with E-state index in [1.165, 1.54) is 51.4 Å². The van der Waals surface area contributed by atoms with Gasteiger partial charge in [0.25, 0.3) is 0 Å². The van der Waals surface area contributed by atoms with Gasteiger partial charge in [-0.2, -0.15) is 0 Å². The van der Waals surface area contributed by atoms with Gasteiger partial charge in [0.15, 0.2) is 6.10 Å². The second-order valence-electron chi connectivity index (χ2n) is 11.2. The maximum absolute atomic E-state index is 12.4. The van der Waals surface area contributed by atoms with Crippen LogP contribution in [-0.2, 0) is 32.7 Å². The molecule has 0 aliphatic rings. The molecule has 0 rings (SSSR count). The molecule has 0 radical (unpaired) electrons. The highest BCUT2D eigenvalue weighted by Crippen LogP contribution is 2.43. The lowest BCUT2D eigenvalue weighted by atomic mass is 10.1. The van der Waals surface area contributed by atoms with E-state index in [4.69, 9.17) is 18.5 Å². The maximum atomic E-state index is 12.4. The molecular weight excluding hydrogens is 567 g/mol. The molecule has 0 saturated heterocycles. The highest BCUT2D eigenvalue weighted by Gasteiger charge is 2.25. The summed E-state index contributed by atoms with van der Waals surface area (Å²) in [5.41, 5.74) is 0. The molecule has 0 aromatic carbocycles. The summed E-state index contributed by atoms with van der Waals surface area (Å²) in [4.78, 5) is 34.4. The highest BCUT2D eigenvalue weighted by molar-refractivity contribution is 7.47. The fourth-order valence-electron chi connectivity index (χ4n) is 4.47. The van der Waals surface area contributed by atoms with Gasteiger partial charge in [-0.15, -0.1) is 0 Å². The van der Waals surface area contributed by atoms with Gasteiger partial charge in [0, 0.05) is 12.8 Å². The molecule has 0 heterocycles. The van der Waals surface area contributed by atoms with E-state index < -0.39 is 26.5 Å². The fourth-order valence-corrected chi connectivity index (χ4v) is 5.22. The summed E-state index contributed by atoms with van der Waals surface area (Å²) in [6, 6.07) is 0. The van der Waals surface area contributed by atoms with Crippen LogP contribution in [0.3, 0.4) is 0 Å². The molecule has 0 bridgehead atoms. The van der Waals surface area contributed by atoms with Crippen LogP contribution in [0, 0.1) is 0 Å². The van der Waals surface area contributed by atoms with Crippen LogP contribution < -0.4 is 0 Å². The predicted octanol–water partition coefficient (Wildman–Crippen LogP) is 9.94. The number of carbonyl (C=O) groups is 2. The first-order chi connectivity index (χ1) is 20.8. The summed E-state index contributed by atoms with van der Waals surface area (Å²) < 4.78 is 32.3. The molecule has 0 aliphatic heterocycles. The number of esters is 2. The molecule has 0 amide bonds. The Bertz CT molecular complexity index is 767. The Labute approximate surface area is 263 Å². The molecule has 0 saturated carbocycles. The number of phosphoric acid groups is 1.